The van der Waals surface area contributed by atoms with E-state index in [0.717, 1.165) is 0 Å². The number of rotatable bonds is 5. The van der Waals surface area contributed by atoms with Crippen molar-refractivity contribution in [3.63, 3.8) is 0 Å². The molecule has 6 heteroatoms. The number of hydrogen-bond donors (Lipinski definition) is 1. The Kier molecular flexibility index (Phi) is 6.36. The second-order valence-electron chi connectivity index (χ2n) is 4.55. The van der Waals surface area contributed by atoms with Crippen molar-refractivity contribution in [3.05, 3.63) is 28.5 Å². The van der Waals surface area contributed by atoms with E-state index < -0.39 is 5.82 Å². The second-order valence-corrected chi connectivity index (χ2v) is 5.41. The highest BCUT2D eigenvalue weighted by Gasteiger charge is 2.14. The third kappa shape index (κ3) is 4.72. The van der Waals surface area contributed by atoms with Gasteiger partial charge in [0.2, 0.25) is 5.91 Å². The normalized spacial score (nSPS) is 10.5. The first-order valence-electron chi connectivity index (χ1n) is 6.29. The molecular weight excluding hydrogens is 301 g/mol. The first-order chi connectivity index (χ1) is 9.35. The first-order valence-corrected chi connectivity index (χ1v) is 7.08. The summed E-state index contributed by atoms with van der Waals surface area (Å²) in [5.74, 6) is -1.07. The third-order valence-corrected chi connectivity index (χ3v) is 3.17. The van der Waals surface area contributed by atoms with Crippen LogP contribution >= 0.6 is 23.8 Å². The first kappa shape index (κ1) is 16.9. The zero-order chi connectivity index (χ0) is 15.3. The van der Waals surface area contributed by atoms with Gasteiger partial charge in [-0.15, -0.1) is 0 Å². The fourth-order valence-electron chi connectivity index (χ4n) is 1.47. The van der Waals surface area contributed by atoms with Crippen LogP contribution in [-0.4, -0.2) is 17.6 Å². The zero-order valence-electron chi connectivity index (χ0n) is 11.6. The summed E-state index contributed by atoms with van der Waals surface area (Å²) in [4.78, 5) is 11.6. The summed E-state index contributed by atoms with van der Waals surface area (Å²) < 4.78 is 19.0. The van der Waals surface area contributed by atoms with E-state index in [0.29, 0.717) is 23.6 Å². The molecule has 0 aromatic heterocycles. The van der Waals surface area contributed by atoms with Crippen molar-refractivity contribution in [1.82, 2.24) is 0 Å². The van der Waals surface area contributed by atoms with Crippen molar-refractivity contribution < 1.29 is 13.9 Å². The van der Waals surface area contributed by atoms with Crippen molar-refractivity contribution in [3.8, 4) is 0 Å². The van der Waals surface area contributed by atoms with Crippen molar-refractivity contribution in [2.45, 2.75) is 27.2 Å². The molecule has 110 valence electrons. The van der Waals surface area contributed by atoms with Gasteiger partial charge in [-0.1, -0.05) is 25.4 Å². The van der Waals surface area contributed by atoms with Crippen molar-refractivity contribution in [2.75, 3.05) is 11.9 Å². The highest BCUT2D eigenvalue weighted by molar-refractivity contribution is 7.80. The van der Waals surface area contributed by atoms with Crippen LogP contribution in [0.2, 0.25) is 5.02 Å². The molecule has 1 N–H and O–H groups in total. The third-order valence-electron chi connectivity index (χ3n) is 2.56. The topological polar surface area (TPSA) is 38.3 Å². The summed E-state index contributed by atoms with van der Waals surface area (Å²) in [6.07, 6.45) is 0.298. The van der Waals surface area contributed by atoms with Gasteiger partial charge in [-0.25, -0.2) is 4.39 Å². The monoisotopic (exact) mass is 317 g/mol. The SMILES string of the molecule is CCOC(=S)Cc1cc(NC(=O)C(C)C)c(F)cc1Cl. The lowest BCUT2D eigenvalue weighted by Gasteiger charge is -2.12. The summed E-state index contributed by atoms with van der Waals surface area (Å²) >= 11 is 11.0. The van der Waals surface area contributed by atoms with Crippen LogP contribution < -0.4 is 5.32 Å². The van der Waals surface area contributed by atoms with E-state index in [1.54, 1.807) is 13.8 Å². The number of nitrogens with one attached hydrogen (secondary N) is 1. The number of amides is 1. The maximum atomic E-state index is 13.8. The maximum Gasteiger partial charge on any atom is 0.227 e. The molecule has 3 nitrogen and oxygen atoms in total. The van der Waals surface area contributed by atoms with E-state index in [-0.39, 0.29) is 22.5 Å². The number of anilines is 1. The van der Waals surface area contributed by atoms with Gasteiger partial charge in [-0.05, 0) is 36.8 Å². The van der Waals surface area contributed by atoms with Crippen LogP contribution in [0, 0.1) is 11.7 Å². The number of hydrogen-bond acceptors (Lipinski definition) is 3. The average Bonchev–Trinajstić information content (AvgIpc) is 2.35. The number of halogens is 2. The highest BCUT2D eigenvalue weighted by Crippen LogP contribution is 2.25. The molecule has 20 heavy (non-hydrogen) atoms. The van der Waals surface area contributed by atoms with Gasteiger partial charge in [0.15, 0.2) is 5.05 Å². The van der Waals surface area contributed by atoms with E-state index in [1.807, 2.05) is 6.92 Å². The molecule has 0 saturated heterocycles. The molecule has 0 bridgehead atoms. The summed E-state index contributed by atoms with van der Waals surface area (Å²) in [5.41, 5.74) is 0.716. The summed E-state index contributed by atoms with van der Waals surface area (Å²) in [7, 11) is 0. The van der Waals surface area contributed by atoms with Gasteiger partial charge >= 0.3 is 0 Å². The Morgan fingerprint density at radius 1 is 1.50 bits per heavy atom. The maximum absolute atomic E-state index is 13.8. The molecule has 0 radical (unpaired) electrons. The quantitative estimate of drug-likeness (QED) is 0.835. The van der Waals surface area contributed by atoms with E-state index in [9.17, 15) is 9.18 Å². The van der Waals surface area contributed by atoms with Gasteiger partial charge in [0.25, 0.3) is 0 Å². The van der Waals surface area contributed by atoms with Crippen molar-refractivity contribution >= 4 is 40.5 Å². The average molecular weight is 318 g/mol. The molecule has 0 saturated carbocycles. The number of ether oxygens (including phenoxy) is 1. The fraction of sp³-hybridized carbons (Fsp3) is 0.429. The predicted octanol–water partition coefficient (Wildman–Crippen LogP) is 3.98. The number of carbonyl (C=O) groups is 1. The van der Waals surface area contributed by atoms with E-state index in [4.69, 9.17) is 28.6 Å². The summed E-state index contributed by atoms with van der Waals surface area (Å²) in [6.45, 7) is 5.75. The molecule has 0 aliphatic rings. The minimum absolute atomic E-state index is 0.0994. The molecule has 1 aromatic rings. The highest BCUT2D eigenvalue weighted by atomic mass is 35.5. The number of thiocarbonyl (C=S) groups is 1. The van der Waals surface area contributed by atoms with E-state index >= 15 is 0 Å². The van der Waals surface area contributed by atoms with Gasteiger partial charge in [0, 0.05) is 17.4 Å². The van der Waals surface area contributed by atoms with E-state index in [2.05, 4.69) is 5.32 Å². The fourth-order valence-corrected chi connectivity index (χ4v) is 1.96. The van der Waals surface area contributed by atoms with Crippen LogP contribution in [0.4, 0.5) is 10.1 Å². The van der Waals surface area contributed by atoms with E-state index in [1.165, 1.54) is 12.1 Å². The summed E-state index contributed by atoms with van der Waals surface area (Å²) in [5, 5.41) is 3.16. The molecule has 0 spiro atoms. The summed E-state index contributed by atoms with van der Waals surface area (Å²) in [6, 6.07) is 2.66. The molecule has 0 heterocycles. The van der Waals surface area contributed by atoms with Gasteiger partial charge in [0.1, 0.15) is 5.82 Å². The smallest absolute Gasteiger partial charge is 0.227 e. The van der Waals surface area contributed by atoms with Gasteiger partial charge in [-0.3, -0.25) is 4.79 Å². The van der Waals surface area contributed by atoms with Gasteiger partial charge in [-0.2, -0.15) is 0 Å². The Hall–Kier alpha value is -1.20. The molecule has 0 fully saturated rings. The van der Waals surface area contributed by atoms with Crippen LogP contribution in [0.3, 0.4) is 0 Å². The second kappa shape index (κ2) is 7.55. The molecule has 0 aliphatic carbocycles. The van der Waals surface area contributed by atoms with Crippen molar-refractivity contribution in [1.29, 1.82) is 0 Å². The minimum atomic E-state index is -0.574. The molecule has 1 rings (SSSR count). The molecule has 0 aliphatic heterocycles. The zero-order valence-corrected chi connectivity index (χ0v) is 13.2. The lowest BCUT2D eigenvalue weighted by molar-refractivity contribution is -0.118. The standard InChI is InChI=1S/C14H17ClFNO2S/c1-4-19-13(20)6-9-5-12(11(16)7-10(9)15)17-14(18)8(2)3/h5,7-8H,4,6H2,1-3H3,(H,17,18). The van der Waals surface area contributed by atoms with Crippen LogP contribution in [0.1, 0.15) is 26.3 Å². The molecule has 1 aromatic carbocycles. The van der Waals surface area contributed by atoms with Crippen LogP contribution in [0.5, 0.6) is 0 Å². The van der Waals surface area contributed by atoms with Gasteiger partial charge < -0.3 is 10.1 Å². The van der Waals surface area contributed by atoms with Crippen molar-refractivity contribution in [2.24, 2.45) is 5.92 Å². The van der Waals surface area contributed by atoms with Gasteiger partial charge in [0.05, 0.1) is 12.3 Å². The largest absolute Gasteiger partial charge is 0.487 e. The predicted molar refractivity (Wildman–Crippen MR) is 82.8 cm³/mol. The lowest BCUT2D eigenvalue weighted by Crippen LogP contribution is -2.19. The Labute approximate surface area is 128 Å². The van der Waals surface area contributed by atoms with Crippen LogP contribution in [0.15, 0.2) is 12.1 Å². The Morgan fingerprint density at radius 2 is 2.15 bits per heavy atom. The minimum Gasteiger partial charge on any atom is -0.487 e. The molecule has 0 atom stereocenters. The Bertz CT molecular complexity index is 520. The lowest BCUT2D eigenvalue weighted by atomic mass is 10.1. The number of benzene rings is 1. The molecular formula is C14H17ClFNO2S. The Morgan fingerprint density at radius 3 is 2.70 bits per heavy atom. The van der Waals surface area contributed by atoms with Crippen LogP contribution in [0.25, 0.3) is 0 Å². The molecule has 0 unspecified atom stereocenters. The van der Waals surface area contributed by atoms with Crippen LogP contribution in [-0.2, 0) is 16.0 Å². The molecule has 1 amide bonds. The number of carbonyl (C=O) groups excluding carboxylic acids is 1. The Balaban J connectivity index is 2.97.